The highest BCUT2D eigenvalue weighted by Crippen LogP contribution is 2.24. The maximum atomic E-state index is 5.59. The van der Waals surface area contributed by atoms with Crippen molar-refractivity contribution in [3.8, 4) is 0 Å². The van der Waals surface area contributed by atoms with E-state index in [0.717, 1.165) is 12.2 Å². The van der Waals surface area contributed by atoms with E-state index in [1.54, 1.807) is 0 Å². The number of imidazole rings is 1. The molecule has 0 aliphatic carbocycles. The Kier molecular flexibility index (Phi) is 1.37. The van der Waals surface area contributed by atoms with Gasteiger partial charge in [-0.05, 0) is 19.8 Å². The standard InChI is InChI=1S/C8H13N3/c1-6-3-2-4-8-10-7(9)5-11(6)8/h5-6H,2-4,9H2,1H3/t6-/m0/s1. The second-order valence-corrected chi connectivity index (χ2v) is 3.23. The van der Waals surface area contributed by atoms with Crippen molar-refractivity contribution in [3.63, 3.8) is 0 Å². The number of aryl methyl sites for hydroxylation is 1. The molecule has 1 aromatic heterocycles. The van der Waals surface area contributed by atoms with E-state index in [4.69, 9.17) is 5.73 Å². The summed E-state index contributed by atoms with van der Waals surface area (Å²) in [6, 6.07) is 0.587. The SMILES string of the molecule is C[C@H]1CCCc2nc(N)cn21. The van der Waals surface area contributed by atoms with Gasteiger partial charge in [-0.3, -0.25) is 0 Å². The first-order valence-electron chi connectivity index (χ1n) is 4.10. The third-order valence-electron chi connectivity index (χ3n) is 2.32. The molecular weight excluding hydrogens is 138 g/mol. The Bertz CT molecular complexity index is 264. The molecule has 0 bridgehead atoms. The van der Waals surface area contributed by atoms with Crippen LogP contribution in [0.2, 0.25) is 0 Å². The minimum absolute atomic E-state index is 0.587. The summed E-state index contributed by atoms with van der Waals surface area (Å²) in [7, 11) is 0. The fourth-order valence-electron chi connectivity index (χ4n) is 1.71. The van der Waals surface area contributed by atoms with E-state index in [1.165, 1.54) is 12.8 Å². The first kappa shape index (κ1) is 6.70. The van der Waals surface area contributed by atoms with E-state index < -0.39 is 0 Å². The van der Waals surface area contributed by atoms with Gasteiger partial charge in [-0.15, -0.1) is 0 Å². The van der Waals surface area contributed by atoms with E-state index in [9.17, 15) is 0 Å². The van der Waals surface area contributed by atoms with Gasteiger partial charge in [0.2, 0.25) is 0 Å². The van der Waals surface area contributed by atoms with Crippen LogP contribution in [-0.2, 0) is 6.42 Å². The molecule has 1 aromatic rings. The van der Waals surface area contributed by atoms with Crippen LogP contribution in [0.15, 0.2) is 6.20 Å². The van der Waals surface area contributed by atoms with E-state index in [1.807, 2.05) is 6.20 Å². The van der Waals surface area contributed by atoms with Crippen LogP contribution in [0.5, 0.6) is 0 Å². The number of nitrogens with two attached hydrogens (primary N) is 1. The Balaban J connectivity index is 2.43. The monoisotopic (exact) mass is 151 g/mol. The highest BCUT2D eigenvalue weighted by atomic mass is 15.1. The molecule has 0 spiro atoms. The smallest absolute Gasteiger partial charge is 0.141 e. The molecule has 1 atom stereocenters. The zero-order chi connectivity index (χ0) is 7.84. The Labute approximate surface area is 66.2 Å². The van der Waals surface area contributed by atoms with Crippen molar-refractivity contribution in [1.29, 1.82) is 0 Å². The third kappa shape index (κ3) is 1.00. The van der Waals surface area contributed by atoms with Gasteiger partial charge in [-0.2, -0.15) is 0 Å². The molecule has 2 N–H and O–H groups in total. The second-order valence-electron chi connectivity index (χ2n) is 3.23. The molecule has 60 valence electrons. The van der Waals surface area contributed by atoms with Gasteiger partial charge >= 0.3 is 0 Å². The quantitative estimate of drug-likeness (QED) is 0.608. The van der Waals surface area contributed by atoms with Crippen LogP contribution in [0.1, 0.15) is 31.6 Å². The zero-order valence-electron chi connectivity index (χ0n) is 6.75. The second kappa shape index (κ2) is 2.26. The first-order chi connectivity index (χ1) is 5.27. The number of nitrogen functional groups attached to an aromatic ring is 1. The van der Waals surface area contributed by atoms with Gasteiger partial charge in [0.25, 0.3) is 0 Å². The molecule has 0 saturated heterocycles. The molecule has 2 rings (SSSR count). The Morgan fingerprint density at radius 2 is 2.55 bits per heavy atom. The normalized spacial score (nSPS) is 23.2. The summed E-state index contributed by atoms with van der Waals surface area (Å²) in [5.74, 6) is 1.81. The summed E-state index contributed by atoms with van der Waals surface area (Å²) in [5.41, 5.74) is 5.59. The van der Waals surface area contributed by atoms with Crippen molar-refractivity contribution in [3.05, 3.63) is 12.0 Å². The summed E-state index contributed by atoms with van der Waals surface area (Å²) in [6.45, 7) is 2.21. The number of hydrogen-bond acceptors (Lipinski definition) is 2. The molecule has 0 amide bonds. The lowest BCUT2D eigenvalue weighted by atomic mass is 10.1. The average Bonchev–Trinajstić information content (AvgIpc) is 2.31. The molecule has 1 aliphatic rings. The third-order valence-corrected chi connectivity index (χ3v) is 2.32. The van der Waals surface area contributed by atoms with Crippen molar-refractivity contribution in [2.75, 3.05) is 5.73 Å². The molecule has 0 saturated carbocycles. The van der Waals surface area contributed by atoms with Crippen molar-refractivity contribution < 1.29 is 0 Å². The molecule has 11 heavy (non-hydrogen) atoms. The Hall–Kier alpha value is -0.990. The van der Waals surface area contributed by atoms with Crippen molar-refractivity contribution in [1.82, 2.24) is 9.55 Å². The molecule has 2 heterocycles. The highest BCUT2D eigenvalue weighted by Gasteiger charge is 2.16. The highest BCUT2D eigenvalue weighted by molar-refractivity contribution is 5.27. The first-order valence-corrected chi connectivity index (χ1v) is 4.10. The van der Waals surface area contributed by atoms with Crippen LogP contribution >= 0.6 is 0 Å². The molecule has 1 aliphatic heterocycles. The van der Waals surface area contributed by atoms with Crippen LogP contribution in [0.25, 0.3) is 0 Å². The van der Waals surface area contributed by atoms with Gasteiger partial charge < -0.3 is 10.3 Å². The molecule has 3 nitrogen and oxygen atoms in total. The number of aromatic nitrogens is 2. The number of nitrogens with zero attached hydrogens (tertiary/aromatic N) is 2. The van der Waals surface area contributed by atoms with E-state index >= 15 is 0 Å². The number of rotatable bonds is 0. The van der Waals surface area contributed by atoms with E-state index in [-0.39, 0.29) is 0 Å². The zero-order valence-corrected chi connectivity index (χ0v) is 6.75. The van der Waals surface area contributed by atoms with E-state index in [2.05, 4.69) is 16.5 Å². The summed E-state index contributed by atoms with van der Waals surface area (Å²) >= 11 is 0. The number of anilines is 1. The van der Waals surface area contributed by atoms with Crippen LogP contribution in [-0.4, -0.2) is 9.55 Å². The fraction of sp³-hybridized carbons (Fsp3) is 0.625. The minimum Gasteiger partial charge on any atom is -0.382 e. The topological polar surface area (TPSA) is 43.8 Å². The van der Waals surface area contributed by atoms with Crippen LogP contribution in [0.3, 0.4) is 0 Å². The maximum absolute atomic E-state index is 5.59. The lowest BCUT2D eigenvalue weighted by Gasteiger charge is -2.20. The van der Waals surface area contributed by atoms with Crippen LogP contribution in [0.4, 0.5) is 5.82 Å². The number of hydrogen-bond donors (Lipinski definition) is 1. The van der Waals surface area contributed by atoms with Gasteiger partial charge in [-0.25, -0.2) is 4.98 Å². The number of fused-ring (bicyclic) bond motifs is 1. The lowest BCUT2D eigenvalue weighted by molar-refractivity contribution is 0.426. The van der Waals surface area contributed by atoms with Gasteiger partial charge in [0.05, 0.1) is 0 Å². The van der Waals surface area contributed by atoms with Gasteiger partial charge in [0.1, 0.15) is 11.6 Å². The Morgan fingerprint density at radius 1 is 1.73 bits per heavy atom. The summed E-state index contributed by atoms with van der Waals surface area (Å²) in [6.07, 6.45) is 5.53. The summed E-state index contributed by atoms with van der Waals surface area (Å²) < 4.78 is 2.19. The minimum atomic E-state index is 0.587. The van der Waals surface area contributed by atoms with Crippen molar-refractivity contribution >= 4 is 5.82 Å². The lowest BCUT2D eigenvalue weighted by Crippen LogP contribution is -2.14. The van der Waals surface area contributed by atoms with Crippen LogP contribution < -0.4 is 5.73 Å². The van der Waals surface area contributed by atoms with Gasteiger partial charge in [0.15, 0.2) is 0 Å². The molecule has 0 fully saturated rings. The van der Waals surface area contributed by atoms with Gasteiger partial charge in [-0.1, -0.05) is 0 Å². The van der Waals surface area contributed by atoms with E-state index in [0.29, 0.717) is 11.9 Å². The predicted octanol–water partition coefficient (Wildman–Crippen LogP) is 1.36. The average molecular weight is 151 g/mol. The van der Waals surface area contributed by atoms with Crippen LogP contribution in [0, 0.1) is 0 Å². The maximum Gasteiger partial charge on any atom is 0.141 e. The molecule has 0 aromatic carbocycles. The summed E-state index contributed by atoms with van der Waals surface area (Å²) in [5, 5.41) is 0. The largest absolute Gasteiger partial charge is 0.382 e. The fourth-order valence-corrected chi connectivity index (χ4v) is 1.71. The molecule has 0 radical (unpaired) electrons. The van der Waals surface area contributed by atoms with Crippen molar-refractivity contribution in [2.45, 2.75) is 32.2 Å². The molecule has 0 unspecified atom stereocenters. The Morgan fingerprint density at radius 3 is 3.27 bits per heavy atom. The summed E-state index contributed by atoms with van der Waals surface area (Å²) in [4.78, 5) is 4.24. The van der Waals surface area contributed by atoms with Gasteiger partial charge in [0, 0.05) is 18.7 Å². The van der Waals surface area contributed by atoms with Crippen molar-refractivity contribution in [2.24, 2.45) is 0 Å². The molecular formula is C8H13N3. The predicted molar refractivity (Wildman–Crippen MR) is 44.3 cm³/mol. The molecule has 3 heteroatoms.